The highest BCUT2D eigenvalue weighted by Crippen LogP contribution is 2.37. The third-order valence-electron chi connectivity index (χ3n) is 3.92. The first kappa shape index (κ1) is 20.4. The van der Waals surface area contributed by atoms with E-state index in [0.717, 1.165) is 10.9 Å². The van der Waals surface area contributed by atoms with Crippen LogP contribution in [0.25, 0.3) is 10.9 Å². The Morgan fingerprint density at radius 1 is 0.966 bits per heavy atom. The fourth-order valence-corrected chi connectivity index (χ4v) is 2.60. The average molecular weight is 415 g/mol. The molecule has 1 amide bonds. The van der Waals surface area contributed by atoms with Crippen LogP contribution in [0.5, 0.6) is 0 Å². The topological polar surface area (TPSA) is 64.0 Å². The Labute approximate surface area is 158 Å². The van der Waals surface area contributed by atoms with Gasteiger partial charge in [0.15, 0.2) is 0 Å². The summed E-state index contributed by atoms with van der Waals surface area (Å²) in [6.45, 7) is -0.645. The molecule has 5 nitrogen and oxygen atoms in total. The zero-order valence-corrected chi connectivity index (χ0v) is 14.3. The Balaban J connectivity index is 1.89. The van der Waals surface area contributed by atoms with Crippen molar-refractivity contribution in [3.05, 3.63) is 70.3 Å². The molecule has 1 aromatic heterocycles. The molecule has 0 aliphatic heterocycles. The maximum atomic E-state index is 12.9. The van der Waals surface area contributed by atoms with Crippen LogP contribution in [0.2, 0.25) is 0 Å². The van der Waals surface area contributed by atoms with E-state index in [1.807, 2.05) is 5.32 Å². The number of carbonyl (C=O) groups excluding carboxylic acids is 1. The number of amides is 1. The van der Waals surface area contributed by atoms with Gasteiger partial charge in [-0.05, 0) is 30.3 Å². The van der Waals surface area contributed by atoms with Crippen molar-refractivity contribution in [3.8, 4) is 0 Å². The molecule has 0 saturated carbocycles. The summed E-state index contributed by atoms with van der Waals surface area (Å²) in [7, 11) is 0. The number of nitrogens with zero attached hydrogens (tertiary/aromatic N) is 2. The van der Waals surface area contributed by atoms with Crippen LogP contribution in [0.4, 0.5) is 32.0 Å². The summed E-state index contributed by atoms with van der Waals surface area (Å²) >= 11 is 0. The lowest BCUT2D eigenvalue weighted by Gasteiger charge is -2.15. The van der Waals surface area contributed by atoms with Gasteiger partial charge in [-0.25, -0.2) is 4.98 Å². The van der Waals surface area contributed by atoms with Crippen molar-refractivity contribution in [3.63, 3.8) is 0 Å². The fourth-order valence-electron chi connectivity index (χ4n) is 2.60. The van der Waals surface area contributed by atoms with Gasteiger partial charge >= 0.3 is 12.4 Å². The third kappa shape index (κ3) is 4.55. The van der Waals surface area contributed by atoms with Gasteiger partial charge in [0.1, 0.15) is 6.54 Å². The zero-order chi connectivity index (χ0) is 21.4. The second kappa shape index (κ2) is 7.22. The standard InChI is InChI=1S/C18H11F6N3O2/c19-17(20,21)10-5-11(18(22,23)24)7-12(6-10)26-15(28)8-27-9-25-14-4-2-1-3-13(14)16(27)29/h1-7,9H,8H2,(H,26,28). The smallest absolute Gasteiger partial charge is 0.325 e. The van der Waals surface area contributed by atoms with E-state index in [2.05, 4.69) is 4.98 Å². The zero-order valence-electron chi connectivity index (χ0n) is 14.3. The van der Waals surface area contributed by atoms with Gasteiger partial charge in [0.05, 0.1) is 28.4 Å². The van der Waals surface area contributed by atoms with Crippen LogP contribution in [0.1, 0.15) is 11.1 Å². The summed E-state index contributed by atoms with van der Waals surface area (Å²) in [5.41, 5.74) is -4.02. The first-order valence-corrected chi connectivity index (χ1v) is 7.98. The van der Waals surface area contributed by atoms with Gasteiger partial charge in [-0.2, -0.15) is 26.3 Å². The number of hydrogen-bond donors (Lipinski definition) is 1. The molecule has 11 heteroatoms. The van der Waals surface area contributed by atoms with Gasteiger partial charge in [-0.3, -0.25) is 14.2 Å². The number of alkyl halides is 6. The quantitative estimate of drug-likeness (QED) is 0.656. The van der Waals surface area contributed by atoms with Crippen LogP contribution in [0, 0.1) is 0 Å². The van der Waals surface area contributed by atoms with E-state index in [4.69, 9.17) is 0 Å². The third-order valence-corrected chi connectivity index (χ3v) is 3.92. The minimum atomic E-state index is -5.04. The van der Waals surface area contributed by atoms with Crippen LogP contribution in [-0.2, 0) is 23.7 Å². The van der Waals surface area contributed by atoms with Crippen LogP contribution < -0.4 is 10.9 Å². The molecule has 1 heterocycles. The van der Waals surface area contributed by atoms with Crippen molar-refractivity contribution < 1.29 is 31.1 Å². The molecule has 0 aliphatic rings. The lowest BCUT2D eigenvalue weighted by molar-refractivity contribution is -0.143. The van der Waals surface area contributed by atoms with Crippen molar-refractivity contribution in [2.75, 3.05) is 5.32 Å². The maximum absolute atomic E-state index is 12.9. The van der Waals surface area contributed by atoms with Gasteiger partial charge in [-0.15, -0.1) is 0 Å². The SMILES string of the molecule is O=C(Cn1cnc2ccccc2c1=O)Nc1cc(C(F)(F)F)cc(C(F)(F)F)c1. The van der Waals surface area contributed by atoms with Crippen LogP contribution in [0.15, 0.2) is 53.6 Å². The molecule has 3 aromatic rings. The molecule has 3 rings (SSSR count). The molecule has 0 radical (unpaired) electrons. The lowest BCUT2D eigenvalue weighted by Crippen LogP contribution is -2.28. The summed E-state index contributed by atoms with van der Waals surface area (Å²) in [6.07, 6.45) is -9.02. The van der Waals surface area contributed by atoms with Gasteiger partial charge in [-0.1, -0.05) is 12.1 Å². The molecule has 0 saturated heterocycles. The second-order valence-electron chi connectivity index (χ2n) is 6.04. The molecule has 0 fully saturated rings. The van der Waals surface area contributed by atoms with Crippen molar-refractivity contribution in [2.24, 2.45) is 0 Å². The van der Waals surface area contributed by atoms with Crippen molar-refractivity contribution >= 4 is 22.5 Å². The van der Waals surface area contributed by atoms with Crippen molar-refractivity contribution in [1.29, 1.82) is 0 Å². The number of fused-ring (bicyclic) bond motifs is 1. The molecule has 1 N–H and O–H groups in total. The van der Waals surface area contributed by atoms with Gasteiger partial charge in [0.25, 0.3) is 5.56 Å². The fraction of sp³-hybridized carbons (Fsp3) is 0.167. The maximum Gasteiger partial charge on any atom is 0.416 e. The van der Waals surface area contributed by atoms with Crippen molar-refractivity contribution in [2.45, 2.75) is 18.9 Å². The minimum Gasteiger partial charge on any atom is -0.325 e. The highest BCUT2D eigenvalue weighted by molar-refractivity contribution is 5.91. The van der Waals surface area contributed by atoms with Crippen LogP contribution in [-0.4, -0.2) is 15.5 Å². The monoisotopic (exact) mass is 415 g/mol. The molecule has 0 atom stereocenters. The Kier molecular flexibility index (Phi) is 5.07. The first-order valence-electron chi connectivity index (χ1n) is 7.98. The highest BCUT2D eigenvalue weighted by atomic mass is 19.4. The predicted octanol–water partition coefficient (Wildman–Crippen LogP) is 4.07. The van der Waals surface area contributed by atoms with Crippen LogP contribution in [0.3, 0.4) is 0 Å². The molecule has 0 unspecified atom stereocenters. The van der Waals surface area contributed by atoms with E-state index in [0.29, 0.717) is 17.6 Å². The average Bonchev–Trinajstić information content (AvgIpc) is 2.62. The minimum absolute atomic E-state index is 0.0482. The number of hydrogen-bond acceptors (Lipinski definition) is 3. The number of rotatable bonds is 3. The molecule has 0 bridgehead atoms. The van der Waals surface area contributed by atoms with Gasteiger partial charge in [0.2, 0.25) is 5.91 Å². The summed E-state index contributed by atoms with van der Waals surface area (Å²) in [4.78, 5) is 28.4. The number of halogens is 6. The van der Waals surface area contributed by atoms with E-state index < -0.39 is 47.2 Å². The molecule has 152 valence electrons. The second-order valence-corrected chi connectivity index (χ2v) is 6.04. The molecular formula is C18H11F6N3O2. The predicted molar refractivity (Wildman–Crippen MR) is 91.1 cm³/mol. The number of benzene rings is 2. The number of anilines is 1. The Hall–Kier alpha value is -3.37. The number of nitrogens with one attached hydrogen (secondary N) is 1. The normalized spacial score (nSPS) is 12.2. The molecule has 0 aliphatic carbocycles. The number of aromatic nitrogens is 2. The van der Waals surface area contributed by atoms with Gasteiger partial charge < -0.3 is 5.32 Å². The summed E-state index contributed by atoms with van der Waals surface area (Å²) < 4.78 is 78.2. The Bertz CT molecular complexity index is 1100. The van der Waals surface area contributed by atoms with E-state index in [1.165, 1.54) is 6.07 Å². The number of carbonyl (C=O) groups is 1. The highest BCUT2D eigenvalue weighted by Gasteiger charge is 2.37. The van der Waals surface area contributed by atoms with Gasteiger partial charge in [0, 0.05) is 5.69 Å². The summed E-state index contributed by atoms with van der Waals surface area (Å²) in [5.74, 6) is -0.989. The van der Waals surface area contributed by atoms with Crippen LogP contribution >= 0.6 is 0 Å². The molecule has 29 heavy (non-hydrogen) atoms. The van der Waals surface area contributed by atoms with Crippen molar-refractivity contribution in [1.82, 2.24) is 9.55 Å². The van der Waals surface area contributed by atoms with E-state index in [9.17, 15) is 35.9 Å². The lowest BCUT2D eigenvalue weighted by atomic mass is 10.1. The number of para-hydroxylation sites is 1. The summed E-state index contributed by atoms with van der Waals surface area (Å²) in [5, 5.41) is 2.17. The molecule has 0 spiro atoms. The van der Waals surface area contributed by atoms with E-state index in [-0.39, 0.29) is 11.5 Å². The summed E-state index contributed by atoms with van der Waals surface area (Å²) in [6, 6.07) is 7.00. The largest absolute Gasteiger partial charge is 0.416 e. The molecule has 2 aromatic carbocycles. The Morgan fingerprint density at radius 2 is 1.55 bits per heavy atom. The molecular weight excluding hydrogens is 404 g/mol. The van der Waals surface area contributed by atoms with E-state index >= 15 is 0 Å². The van der Waals surface area contributed by atoms with E-state index in [1.54, 1.807) is 18.2 Å². The first-order chi connectivity index (χ1) is 13.4. The Morgan fingerprint density at radius 3 is 2.14 bits per heavy atom.